The Morgan fingerprint density at radius 1 is 0.391 bits per heavy atom. The summed E-state index contributed by atoms with van der Waals surface area (Å²) in [7, 11) is 0. The molecule has 0 aliphatic rings. The summed E-state index contributed by atoms with van der Waals surface area (Å²) in [5.74, 6) is -0.0494. The third-order valence-corrected chi connectivity index (χ3v) is 14.8. The predicted octanol–water partition coefficient (Wildman–Crippen LogP) is 19.6. The molecular formula is C63H123NO5. The standard InChI is InChI=1S/C63H123NO5/c1-3-5-7-9-11-13-15-17-19-29-33-37-41-45-49-53-57-63(68)69-58-54-50-46-42-38-34-30-27-25-23-21-20-22-24-26-28-32-36-40-44-48-52-56-62(67)64-60(59-65)61(66)55-51-47-43-39-35-31-18-16-14-12-10-8-6-4-2/h51,55,60-61,65-66H,3-50,52-54,56-59H2,1-2H3,(H,64,67)/b55-51+. The first kappa shape index (κ1) is 67.6. The molecule has 6 nitrogen and oxygen atoms in total. The molecule has 0 aromatic rings. The van der Waals surface area contributed by atoms with Gasteiger partial charge in [0.25, 0.3) is 0 Å². The minimum Gasteiger partial charge on any atom is -0.466 e. The summed E-state index contributed by atoms with van der Waals surface area (Å²) >= 11 is 0. The number of aliphatic hydroxyl groups excluding tert-OH is 2. The first-order chi connectivity index (χ1) is 34.0. The Bertz CT molecular complexity index is 1030. The second-order valence-electron chi connectivity index (χ2n) is 21.8. The van der Waals surface area contributed by atoms with Crippen LogP contribution in [0, 0.1) is 0 Å². The molecule has 0 aromatic carbocycles. The number of aliphatic hydroxyl groups is 2. The van der Waals surface area contributed by atoms with Crippen LogP contribution in [0.5, 0.6) is 0 Å². The smallest absolute Gasteiger partial charge is 0.305 e. The van der Waals surface area contributed by atoms with Crippen LogP contribution in [-0.2, 0) is 14.3 Å². The van der Waals surface area contributed by atoms with Crippen LogP contribution in [0.2, 0.25) is 0 Å². The molecule has 0 spiro atoms. The van der Waals surface area contributed by atoms with Crippen LogP contribution in [0.3, 0.4) is 0 Å². The van der Waals surface area contributed by atoms with Gasteiger partial charge in [-0.1, -0.05) is 321 Å². The van der Waals surface area contributed by atoms with Gasteiger partial charge in [0.15, 0.2) is 0 Å². The van der Waals surface area contributed by atoms with Gasteiger partial charge in [0.2, 0.25) is 5.91 Å². The molecule has 69 heavy (non-hydrogen) atoms. The third-order valence-electron chi connectivity index (χ3n) is 14.8. The molecule has 1 amide bonds. The largest absolute Gasteiger partial charge is 0.466 e. The molecular weight excluding hydrogens is 851 g/mol. The van der Waals surface area contributed by atoms with Crippen molar-refractivity contribution in [3.8, 4) is 0 Å². The molecule has 0 bridgehead atoms. The monoisotopic (exact) mass is 974 g/mol. The van der Waals surface area contributed by atoms with E-state index in [1.807, 2.05) is 6.08 Å². The van der Waals surface area contributed by atoms with Crippen molar-refractivity contribution in [3.05, 3.63) is 12.2 Å². The molecule has 0 aromatic heterocycles. The minimum absolute atomic E-state index is 0.0168. The summed E-state index contributed by atoms with van der Waals surface area (Å²) < 4.78 is 5.50. The van der Waals surface area contributed by atoms with Crippen molar-refractivity contribution < 1.29 is 24.5 Å². The molecule has 2 atom stereocenters. The van der Waals surface area contributed by atoms with Gasteiger partial charge in [-0.25, -0.2) is 0 Å². The molecule has 0 aliphatic carbocycles. The maximum absolute atomic E-state index is 12.5. The lowest BCUT2D eigenvalue weighted by atomic mass is 10.0. The molecule has 0 rings (SSSR count). The highest BCUT2D eigenvalue weighted by atomic mass is 16.5. The number of carbonyl (C=O) groups is 2. The Morgan fingerprint density at radius 2 is 0.667 bits per heavy atom. The van der Waals surface area contributed by atoms with Crippen molar-refractivity contribution >= 4 is 11.9 Å². The summed E-state index contributed by atoms with van der Waals surface area (Å²) in [5, 5.41) is 23.1. The summed E-state index contributed by atoms with van der Waals surface area (Å²) in [6.07, 6.45) is 71.1. The maximum atomic E-state index is 12.5. The Kier molecular flexibility index (Phi) is 58.0. The van der Waals surface area contributed by atoms with Crippen molar-refractivity contribution in [1.29, 1.82) is 0 Å². The summed E-state index contributed by atoms with van der Waals surface area (Å²) in [6, 6.07) is -0.626. The average Bonchev–Trinajstić information content (AvgIpc) is 3.35. The van der Waals surface area contributed by atoms with E-state index in [4.69, 9.17) is 4.74 Å². The van der Waals surface area contributed by atoms with Crippen molar-refractivity contribution in [2.75, 3.05) is 13.2 Å². The first-order valence-corrected chi connectivity index (χ1v) is 31.5. The topological polar surface area (TPSA) is 95.9 Å². The van der Waals surface area contributed by atoms with E-state index in [1.165, 1.54) is 289 Å². The van der Waals surface area contributed by atoms with Crippen molar-refractivity contribution in [2.45, 2.75) is 366 Å². The summed E-state index contributed by atoms with van der Waals surface area (Å²) in [6.45, 7) is 4.93. The fraction of sp³-hybridized carbons (Fsp3) is 0.937. The Hall–Kier alpha value is -1.40. The summed E-state index contributed by atoms with van der Waals surface area (Å²) in [4.78, 5) is 24.5. The van der Waals surface area contributed by atoms with Crippen LogP contribution < -0.4 is 5.32 Å². The van der Waals surface area contributed by atoms with Gasteiger partial charge < -0.3 is 20.3 Å². The van der Waals surface area contributed by atoms with Crippen LogP contribution in [0.25, 0.3) is 0 Å². The Balaban J connectivity index is 3.37. The third kappa shape index (κ3) is 55.8. The SMILES string of the molecule is CCCCCCCCCCCCCC/C=C/C(O)C(CO)NC(=O)CCCCCCCCCCCCCCCCCCCCCCCCOC(=O)CCCCCCCCCCCCCCCCCC. The fourth-order valence-electron chi connectivity index (χ4n) is 9.99. The minimum atomic E-state index is -0.843. The number of ether oxygens (including phenoxy) is 1. The average molecular weight is 975 g/mol. The second kappa shape index (κ2) is 59.2. The number of unbranched alkanes of at least 4 members (excludes halogenated alkanes) is 48. The molecule has 2 unspecified atom stereocenters. The molecule has 0 heterocycles. The Morgan fingerprint density at radius 3 is 0.986 bits per heavy atom. The number of hydrogen-bond acceptors (Lipinski definition) is 5. The van der Waals surface area contributed by atoms with Crippen LogP contribution >= 0.6 is 0 Å². The van der Waals surface area contributed by atoms with E-state index in [2.05, 4.69) is 19.2 Å². The van der Waals surface area contributed by atoms with Gasteiger partial charge in [0.1, 0.15) is 0 Å². The van der Waals surface area contributed by atoms with E-state index in [9.17, 15) is 19.8 Å². The molecule has 0 fully saturated rings. The van der Waals surface area contributed by atoms with E-state index >= 15 is 0 Å². The number of nitrogens with one attached hydrogen (secondary N) is 1. The Labute approximate surface area is 431 Å². The highest BCUT2D eigenvalue weighted by Gasteiger charge is 2.18. The lowest BCUT2D eigenvalue weighted by Crippen LogP contribution is -2.45. The van der Waals surface area contributed by atoms with Gasteiger partial charge in [-0.15, -0.1) is 0 Å². The van der Waals surface area contributed by atoms with Gasteiger partial charge in [0.05, 0.1) is 25.4 Å². The number of allylic oxidation sites excluding steroid dienone is 1. The molecule has 0 radical (unpaired) electrons. The normalized spacial score (nSPS) is 12.6. The number of esters is 1. The maximum Gasteiger partial charge on any atom is 0.305 e. The van der Waals surface area contributed by atoms with E-state index < -0.39 is 12.1 Å². The van der Waals surface area contributed by atoms with Crippen molar-refractivity contribution in [2.24, 2.45) is 0 Å². The lowest BCUT2D eigenvalue weighted by molar-refractivity contribution is -0.143. The summed E-state index contributed by atoms with van der Waals surface area (Å²) in [5.41, 5.74) is 0. The zero-order valence-electron chi connectivity index (χ0n) is 46.8. The van der Waals surface area contributed by atoms with Crippen molar-refractivity contribution in [3.63, 3.8) is 0 Å². The zero-order chi connectivity index (χ0) is 50.0. The second-order valence-corrected chi connectivity index (χ2v) is 21.8. The molecule has 0 aliphatic heterocycles. The van der Waals surface area contributed by atoms with E-state index in [0.717, 1.165) is 38.5 Å². The van der Waals surface area contributed by atoms with Gasteiger partial charge >= 0.3 is 5.97 Å². The highest BCUT2D eigenvalue weighted by molar-refractivity contribution is 5.76. The van der Waals surface area contributed by atoms with Crippen LogP contribution in [0.1, 0.15) is 354 Å². The molecule has 0 saturated heterocycles. The number of rotatable bonds is 59. The van der Waals surface area contributed by atoms with E-state index in [0.29, 0.717) is 19.4 Å². The molecule has 410 valence electrons. The quantitative estimate of drug-likeness (QED) is 0.0321. The van der Waals surface area contributed by atoms with Crippen LogP contribution in [0.4, 0.5) is 0 Å². The number of hydrogen-bond donors (Lipinski definition) is 3. The van der Waals surface area contributed by atoms with Gasteiger partial charge in [-0.3, -0.25) is 9.59 Å². The van der Waals surface area contributed by atoms with Gasteiger partial charge in [-0.2, -0.15) is 0 Å². The van der Waals surface area contributed by atoms with Crippen LogP contribution in [0.15, 0.2) is 12.2 Å². The molecule has 6 heteroatoms. The lowest BCUT2D eigenvalue weighted by Gasteiger charge is -2.20. The fourth-order valence-corrected chi connectivity index (χ4v) is 9.99. The number of amides is 1. The van der Waals surface area contributed by atoms with Crippen LogP contribution in [-0.4, -0.2) is 47.4 Å². The van der Waals surface area contributed by atoms with E-state index in [-0.39, 0.29) is 18.5 Å². The predicted molar refractivity (Wildman–Crippen MR) is 301 cm³/mol. The van der Waals surface area contributed by atoms with Gasteiger partial charge in [-0.05, 0) is 32.1 Å². The van der Waals surface area contributed by atoms with Crippen molar-refractivity contribution in [1.82, 2.24) is 5.32 Å². The zero-order valence-corrected chi connectivity index (χ0v) is 46.8. The highest BCUT2D eigenvalue weighted by Crippen LogP contribution is 2.18. The number of carbonyl (C=O) groups excluding carboxylic acids is 2. The van der Waals surface area contributed by atoms with Gasteiger partial charge in [0, 0.05) is 12.8 Å². The van der Waals surface area contributed by atoms with E-state index in [1.54, 1.807) is 6.08 Å². The first-order valence-electron chi connectivity index (χ1n) is 31.5. The molecule has 0 saturated carbocycles. The molecule has 3 N–H and O–H groups in total.